The van der Waals surface area contributed by atoms with Crippen molar-refractivity contribution in [3.63, 3.8) is 0 Å². The predicted molar refractivity (Wildman–Crippen MR) is 190 cm³/mol. The maximum absolute atomic E-state index is 11.4. The van der Waals surface area contributed by atoms with Crippen LogP contribution < -0.4 is 16.2 Å². The van der Waals surface area contributed by atoms with Crippen LogP contribution in [0.3, 0.4) is 0 Å². The number of fused-ring (bicyclic) bond motifs is 2. The van der Waals surface area contributed by atoms with Crippen molar-refractivity contribution >= 4 is 63.2 Å². The zero-order valence-electron chi connectivity index (χ0n) is 24.5. The number of aromatic amines is 1. The highest BCUT2D eigenvalue weighted by Gasteiger charge is 2.19. The van der Waals surface area contributed by atoms with Gasteiger partial charge in [-0.15, -0.1) is 11.3 Å². The number of aromatic nitrogens is 1. The third-order valence-corrected chi connectivity index (χ3v) is 9.12. The van der Waals surface area contributed by atoms with Crippen molar-refractivity contribution in [1.82, 2.24) is 4.98 Å². The smallest absolute Gasteiger partial charge is 0.422 e. The molecule has 4 heterocycles. The van der Waals surface area contributed by atoms with Gasteiger partial charge < -0.3 is 25.7 Å². The van der Waals surface area contributed by atoms with E-state index in [0.29, 0.717) is 18.4 Å². The second-order valence-electron chi connectivity index (χ2n) is 10.7. The summed E-state index contributed by atoms with van der Waals surface area (Å²) in [7, 11) is -1.44. The first kappa shape index (κ1) is 31.3. The zero-order valence-corrected chi connectivity index (χ0v) is 26.9. The van der Waals surface area contributed by atoms with Crippen LogP contribution in [0.4, 0.5) is 11.4 Å². The molecule has 0 atom stereocenters. The highest BCUT2D eigenvalue weighted by molar-refractivity contribution is 9.10. The van der Waals surface area contributed by atoms with Crippen LogP contribution in [-0.2, 0) is 22.4 Å². The molecule has 0 radical (unpaired) electrons. The number of hydrogen-bond donors (Lipinski definition) is 5. The fraction of sp³-hybridized carbons (Fsp3) is 0.0556. The van der Waals surface area contributed by atoms with Crippen molar-refractivity contribution in [2.24, 2.45) is 0 Å². The number of halogens is 1. The van der Waals surface area contributed by atoms with Gasteiger partial charge in [-0.3, -0.25) is 9.59 Å². The average molecular weight is 690 g/mol. The number of carbonyl (C=O) groups is 2. The molecule has 6 aromatic rings. The molecule has 7 nitrogen and oxygen atoms in total. The van der Waals surface area contributed by atoms with E-state index in [9.17, 15) is 9.59 Å². The first-order chi connectivity index (χ1) is 22.3. The topological polar surface area (TPSA) is 114 Å². The number of rotatable bonds is 4. The summed E-state index contributed by atoms with van der Waals surface area (Å²) in [6.07, 6.45) is 0.995. The van der Waals surface area contributed by atoms with Crippen LogP contribution in [0.1, 0.15) is 11.1 Å². The van der Waals surface area contributed by atoms with Gasteiger partial charge in [0.2, 0.25) is 11.8 Å². The Morgan fingerprint density at radius 2 is 1.17 bits per heavy atom. The number of benzene rings is 4. The van der Waals surface area contributed by atoms with Crippen molar-refractivity contribution in [1.29, 1.82) is 0 Å². The highest BCUT2D eigenvalue weighted by Crippen LogP contribution is 2.36. The lowest BCUT2D eigenvalue weighted by Crippen LogP contribution is -2.30. The summed E-state index contributed by atoms with van der Waals surface area (Å²) >= 11 is 5.13. The van der Waals surface area contributed by atoms with E-state index in [0.717, 1.165) is 38.2 Å². The van der Waals surface area contributed by atoms with Gasteiger partial charge in [-0.05, 0) is 82.4 Å². The number of thiophene rings is 1. The standard InChI is InChI=1S/C18H13NOS.C10H10BNO2.C8H6BrNO/c20-18-11-14-10-13(6-7-15(14)19-18)17-9-8-16(21-17)12-4-2-1-3-5-12;13-11(14)10-7-6-9(12-10)8-4-2-1-3-5-8;9-6-1-2-7-5(3-6)4-8(11)10-7/h1-10H,11H2,(H,19,20);1-7,12-14H;1-3H,4H2,(H,10,11). The van der Waals surface area contributed by atoms with Crippen molar-refractivity contribution in [3.8, 4) is 32.1 Å². The molecular weight excluding hydrogens is 661 g/mol. The molecule has 0 fully saturated rings. The first-order valence-corrected chi connectivity index (χ1v) is 16.2. The molecule has 0 spiro atoms. The van der Waals surface area contributed by atoms with Gasteiger partial charge in [0.25, 0.3) is 0 Å². The molecule has 0 saturated carbocycles. The Labute approximate surface area is 279 Å². The SMILES string of the molecule is O=C1Cc2cc(-c3ccc(-c4ccccc4)s3)ccc2N1.O=C1Cc2cc(Br)ccc2N1.OB(O)c1ccc(-c2ccccc2)[nH]1. The minimum Gasteiger partial charge on any atom is -0.422 e. The van der Waals surface area contributed by atoms with E-state index < -0.39 is 7.12 Å². The van der Waals surface area contributed by atoms with Crippen molar-refractivity contribution in [2.75, 3.05) is 10.6 Å². The van der Waals surface area contributed by atoms with Gasteiger partial charge in [0.1, 0.15) is 0 Å². The van der Waals surface area contributed by atoms with E-state index >= 15 is 0 Å². The Hall–Kier alpha value is -4.74. The fourth-order valence-corrected chi connectivity index (χ4v) is 6.60. The van der Waals surface area contributed by atoms with E-state index in [2.05, 4.69) is 80.1 Å². The van der Waals surface area contributed by atoms with Crippen LogP contribution in [0.25, 0.3) is 32.1 Å². The Bertz CT molecular complexity index is 1990. The molecule has 0 bridgehead atoms. The van der Waals surface area contributed by atoms with Gasteiger partial charge in [0, 0.05) is 36.9 Å². The minimum absolute atomic E-state index is 0.0816. The van der Waals surface area contributed by atoms with Crippen LogP contribution in [-0.4, -0.2) is 34.0 Å². The number of nitrogens with one attached hydrogen (secondary N) is 3. The molecule has 228 valence electrons. The average Bonchev–Trinajstić information content (AvgIpc) is 3.88. The van der Waals surface area contributed by atoms with Gasteiger partial charge in [-0.2, -0.15) is 0 Å². The third kappa shape index (κ3) is 7.55. The Balaban J connectivity index is 0.000000129. The summed E-state index contributed by atoms with van der Waals surface area (Å²) < 4.78 is 1.02. The van der Waals surface area contributed by atoms with Crippen LogP contribution in [0.15, 0.2) is 126 Å². The highest BCUT2D eigenvalue weighted by atomic mass is 79.9. The number of anilines is 2. The lowest BCUT2D eigenvalue weighted by atomic mass is 9.87. The summed E-state index contributed by atoms with van der Waals surface area (Å²) in [6.45, 7) is 0. The maximum atomic E-state index is 11.4. The minimum atomic E-state index is -1.44. The summed E-state index contributed by atoms with van der Waals surface area (Å²) in [6, 6.07) is 39.9. The molecule has 2 aromatic heterocycles. The lowest BCUT2D eigenvalue weighted by molar-refractivity contribution is -0.115. The number of hydrogen-bond acceptors (Lipinski definition) is 5. The van der Waals surface area contributed by atoms with Crippen molar-refractivity contribution in [3.05, 3.63) is 137 Å². The molecule has 2 aliphatic rings. The third-order valence-electron chi connectivity index (χ3n) is 7.44. The van der Waals surface area contributed by atoms with Gasteiger partial charge in [0.05, 0.1) is 12.8 Å². The summed E-state index contributed by atoms with van der Waals surface area (Å²) in [5.41, 5.74) is 8.79. The van der Waals surface area contributed by atoms with E-state index in [1.54, 1.807) is 17.4 Å². The van der Waals surface area contributed by atoms with Crippen molar-refractivity contribution in [2.45, 2.75) is 12.8 Å². The molecule has 0 aliphatic carbocycles. The van der Waals surface area contributed by atoms with E-state index in [1.807, 2.05) is 66.7 Å². The quantitative estimate of drug-likeness (QED) is 0.130. The second-order valence-corrected chi connectivity index (χ2v) is 12.7. The van der Waals surface area contributed by atoms with Gasteiger partial charge in [-0.1, -0.05) is 82.7 Å². The Kier molecular flexibility index (Phi) is 9.61. The molecule has 46 heavy (non-hydrogen) atoms. The van der Waals surface area contributed by atoms with Crippen LogP contribution in [0, 0.1) is 0 Å². The monoisotopic (exact) mass is 689 g/mol. The Morgan fingerprint density at radius 1 is 0.609 bits per heavy atom. The second kappa shape index (κ2) is 14.1. The molecular formula is C36H29BBrN3O4S. The van der Waals surface area contributed by atoms with E-state index in [1.165, 1.54) is 20.9 Å². The van der Waals surface area contributed by atoms with Gasteiger partial charge >= 0.3 is 7.12 Å². The van der Waals surface area contributed by atoms with E-state index in [-0.39, 0.29) is 11.8 Å². The van der Waals surface area contributed by atoms with Crippen LogP contribution in [0.5, 0.6) is 0 Å². The fourth-order valence-electron chi connectivity index (χ4n) is 5.18. The molecule has 2 amide bonds. The molecule has 2 aliphatic heterocycles. The summed E-state index contributed by atoms with van der Waals surface area (Å²) in [5, 5.41) is 23.5. The predicted octanol–water partition coefficient (Wildman–Crippen LogP) is 6.88. The zero-order chi connectivity index (χ0) is 32.0. The van der Waals surface area contributed by atoms with Crippen molar-refractivity contribution < 1.29 is 19.6 Å². The van der Waals surface area contributed by atoms with Crippen LogP contribution >= 0.6 is 27.3 Å². The number of carbonyl (C=O) groups excluding carboxylic acids is 2. The molecule has 0 saturated heterocycles. The number of H-pyrrole nitrogens is 1. The maximum Gasteiger partial charge on any atom is 0.505 e. The summed E-state index contributed by atoms with van der Waals surface area (Å²) in [5.74, 6) is 0.163. The van der Waals surface area contributed by atoms with E-state index in [4.69, 9.17) is 10.0 Å². The van der Waals surface area contributed by atoms with Gasteiger partial charge in [-0.25, -0.2) is 0 Å². The van der Waals surface area contributed by atoms with Crippen LogP contribution in [0.2, 0.25) is 0 Å². The first-order valence-electron chi connectivity index (χ1n) is 14.6. The Morgan fingerprint density at radius 3 is 1.78 bits per heavy atom. The largest absolute Gasteiger partial charge is 0.505 e. The molecule has 8 rings (SSSR count). The lowest BCUT2D eigenvalue weighted by Gasteiger charge is -2.02. The molecule has 5 N–H and O–H groups in total. The molecule has 4 aromatic carbocycles. The summed E-state index contributed by atoms with van der Waals surface area (Å²) in [4.78, 5) is 27.7. The normalized spacial score (nSPS) is 12.5. The molecule has 10 heteroatoms. The van der Waals surface area contributed by atoms with Gasteiger partial charge in [0.15, 0.2) is 0 Å². The number of amides is 2. The molecule has 0 unspecified atom stereocenters.